The fourth-order valence-corrected chi connectivity index (χ4v) is 1.74. The van der Waals surface area contributed by atoms with Crippen molar-refractivity contribution < 1.29 is 9.47 Å². The maximum absolute atomic E-state index is 6.02. The number of benzene rings is 1. The Morgan fingerprint density at radius 1 is 1.20 bits per heavy atom. The molecule has 2 N–H and O–H groups in total. The van der Waals surface area contributed by atoms with Gasteiger partial charge in [-0.15, -0.1) is 0 Å². The predicted octanol–water partition coefficient (Wildman–Crippen LogP) is 3.95. The van der Waals surface area contributed by atoms with E-state index in [0.29, 0.717) is 22.4 Å². The molecule has 0 fully saturated rings. The van der Waals surface area contributed by atoms with Crippen LogP contribution in [0.1, 0.15) is 13.3 Å². The molecule has 2 rings (SSSR count). The molecule has 0 aliphatic carbocycles. The van der Waals surface area contributed by atoms with Gasteiger partial charge >= 0.3 is 0 Å². The lowest BCUT2D eigenvalue weighted by molar-refractivity contribution is 0.304. The zero-order valence-corrected chi connectivity index (χ0v) is 12.3. The van der Waals surface area contributed by atoms with Crippen LogP contribution >= 0.6 is 23.2 Å². The smallest absolute Gasteiger partial charge is 0.249 e. The molecule has 1 aromatic heterocycles. The third-order valence-corrected chi connectivity index (χ3v) is 2.90. The van der Waals surface area contributed by atoms with Crippen molar-refractivity contribution in [2.45, 2.75) is 13.3 Å². The second-order valence-electron chi connectivity index (χ2n) is 3.92. The van der Waals surface area contributed by atoms with E-state index in [1.165, 1.54) is 6.33 Å². The second kappa shape index (κ2) is 6.63. The number of hydrogen-bond donors (Lipinski definition) is 1. The summed E-state index contributed by atoms with van der Waals surface area (Å²) in [6.45, 7) is 2.50. The van der Waals surface area contributed by atoms with E-state index in [4.69, 9.17) is 38.4 Å². The van der Waals surface area contributed by atoms with Crippen LogP contribution in [0.25, 0.3) is 0 Å². The van der Waals surface area contributed by atoms with Crippen LogP contribution in [0.5, 0.6) is 17.5 Å². The van der Waals surface area contributed by atoms with Gasteiger partial charge in [0.05, 0.1) is 11.6 Å². The minimum atomic E-state index is 0.176. The van der Waals surface area contributed by atoms with Crippen molar-refractivity contribution in [3.05, 3.63) is 34.6 Å². The Kier molecular flexibility index (Phi) is 4.87. The van der Waals surface area contributed by atoms with Gasteiger partial charge in [-0.1, -0.05) is 30.1 Å². The number of hydrogen-bond acceptors (Lipinski definition) is 5. The molecule has 0 aliphatic rings. The van der Waals surface area contributed by atoms with E-state index in [1.807, 2.05) is 6.92 Å². The summed E-state index contributed by atoms with van der Waals surface area (Å²) in [6.07, 6.45) is 2.16. The van der Waals surface area contributed by atoms with E-state index in [2.05, 4.69) is 9.97 Å². The number of rotatable bonds is 5. The summed E-state index contributed by atoms with van der Waals surface area (Å²) in [4.78, 5) is 7.93. The molecule has 20 heavy (non-hydrogen) atoms. The molecule has 0 atom stereocenters. The van der Waals surface area contributed by atoms with Gasteiger partial charge in [-0.25, -0.2) is 0 Å². The number of halogens is 2. The van der Waals surface area contributed by atoms with Crippen molar-refractivity contribution in [3.63, 3.8) is 0 Å². The summed E-state index contributed by atoms with van der Waals surface area (Å²) < 4.78 is 11.0. The summed E-state index contributed by atoms with van der Waals surface area (Å²) >= 11 is 11.9. The van der Waals surface area contributed by atoms with Gasteiger partial charge in [0.25, 0.3) is 0 Å². The largest absolute Gasteiger partial charge is 0.476 e. The SMILES string of the molecule is CCCOc1ncnc(Oc2cc(Cl)ccc2Cl)c1N. The summed E-state index contributed by atoms with van der Waals surface area (Å²) in [5, 5.41) is 0.905. The highest BCUT2D eigenvalue weighted by Gasteiger charge is 2.13. The third kappa shape index (κ3) is 3.43. The van der Waals surface area contributed by atoms with Crippen LogP contribution in [0, 0.1) is 0 Å². The van der Waals surface area contributed by atoms with Crippen molar-refractivity contribution in [3.8, 4) is 17.5 Å². The molecule has 7 heteroatoms. The molecule has 0 radical (unpaired) electrons. The van der Waals surface area contributed by atoms with Gasteiger partial charge in [0, 0.05) is 11.1 Å². The van der Waals surface area contributed by atoms with Crippen LogP contribution < -0.4 is 15.2 Å². The van der Waals surface area contributed by atoms with E-state index < -0.39 is 0 Å². The minimum absolute atomic E-state index is 0.176. The van der Waals surface area contributed by atoms with E-state index in [0.717, 1.165) is 6.42 Å². The molecule has 0 aliphatic heterocycles. The molecule has 0 spiro atoms. The second-order valence-corrected chi connectivity index (χ2v) is 4.77. The Labute approximate surface area is 126 Å². The van der Waals surface area contributed by atoms with Crippen LogP contribution in [0.3, 0.4) is 0 Å². The predicted molar refractivity (Wildman–Crippen MR) is 78.8 cm³/mol. The Bertz CT molecular complexity index is 608. The quantitative estimate of drug-likeness (QED) is 0.905. The third-order valence-electron chi connectivity index (χ3n) is 2.35. The molecular weight excluding hydrogens is 301 g/mol. The molecule has 0 saturated heterocycles. The fraction of sp³-hybridized carbons (Fsp3) is 0.231. The summed E-state index contributed by atoms with van der Waals surface area (Å²) in [7, 11) is 0. The zero-order chi connectivity index (χ0) is 14.5. The Balaban J connectivity index is 2.27. The molecular formula is C13H13Cl2N3O2. The van der Waals surface area contributed by atoms with Crippen molar-refractivity contribution in [2.75, 3.05) is 12.3 Å². The number of ether oxygens (including phenoxy) is 2. The zero-order valence-electron chi connectivity index (χ0n) is 10.8. The molecule has 2 aromatic rings. The van der Waals surface area contributed by atoms with Crippen molar-refractivity contribution in [1.82, 2.24) is 9.97 Å². The molecule has 0 bridgehead atoms. The molecule has 106 valence electrons. The molecule has 1 aromatic carbocycles. The molecule has 0 saturated carbocycles. The Morgan fingerprint density at radius 2 is 1.95 bits per heavy atom. The number of aromatic nitrogens is 2. The minimum Gasteiger partial charge on any atom is -0.476 e. The average Bonchev–Trinajstić information content (AvgIpc) is 2.44. The van der Waals surface area contributed by atoms with E-state index in [1.54, 1.807) is 18.2 Å². The first-order chi connectivity index (χ1) is 9.61. The number of anilines is 1. The highest BCUT2D eigenvalue weighted by atomic mass is 35.5. The summed E-state index contributed by atoms with van der Waals surface area (Å²) in [5.74, 6) is 0.830. The van der Waals surface area contributed by atoms with Gasteiger partial charge in [-0.2, -0.15) is 9.97 Å². The monoisotopic (exact) mass is 313 g/mol. The summed E-state index contributed by atoms with van der Waals surface area (Å²) in [5.41, 5.74) is 6.13. The highest BCUT2D eigenvalue weighted by Crippen LogP contribution is 2.35. The first-order valence-electron chi connectivity index (χ1n) is 5.98. The van der Waals surface area contributed by atoms with Gasteiger partial charge in [0.2, 0.25) is 11.8 Å². The van der Waals surface area contributed by atoms with Gasteiger partial charge < -0.3 is 15.2 Å². The Morgan fingerprint density at radius 3 is 2.70 bits per heavy atom. The molecule has 5 nitrogen and oxygen atoms in total. The maximum atomic E-state index is 6.02. The van der Waals surface area contributed by atoms with Gasteiger partial charge in [0.1, 0.15) is 12.1 Å². The maximum Gasteiger partial charge on any atom is 0.249 e. The van der Waals surface area contributed by atoms with E-state index >= 15 is 0 Å². The summed E-state index contributed by atoms with van der Waals surface area (Å²) in [6, 6.07) is 4.87. The standard InChI is InChI=1S/C13H13Cl2N3O2/c1-2-5-19-12-11(16)13(18-7-17-12)20-10-6-8(14)3-4-9(10)15/h3-4,6-7H,2,5,16H2,1H3. The topological polar surface area (TPSA) is 70.3 Å². The van der Waals surface area contributed by atoms with Crippen LogP contribution in [-0.4, -0.2) is 16.6 Å². The average molecular weight is 314 g/mol. The number of nitrogen functional groups attached to an aromatic ring is 1. The van der Waals surface area contributed by atoms with Crippen molar-refractivity contribution in [1.29, 1.82) is 0 Å². The fourth-order valence-electron chi connectivity index (χ4n) is 1.42. The van der Waals surface area contributed by atoms with Crippen LogP contribution in [0.15, 0.2) is 24.5 Å². The van der Waals surface area contributed by atoms with Crippen LogP contribution in [0.4, 0.5) is 5.69 Å². The van der Waals surface area contributed by atoms with Gasteiger partial charge in [-0.3, -0.25) is 0 Å². The number of nitrogens with zero attached hydrogens (tertiary/aromatic N) is 2. The first kappa shape index (κ1) is 14.7. The molecule has 1 heterocycles. The highest BCUT2D eigenvalue weighted by molar-refractivity contribution is 6.34. The number of nitrogens with two attached hydrogens (primary N) is 1. The van der Waals surface area contributed by atoms with Crippen LogP contribution in [-0.2, 0) is 0 Å². The van der Waals surface area contributed by atoms with Gasteiger partial charge in [0.15, 0.2) is 5.69 Å². The first-order valence-corrected chi connectivity index (χ1v) is 6.73. The Hall–Kier alpha value is -1.72. The van der Waals surface area contributed by atoms with Crippen LogP contribution in [0.2, 0.25) is 10.0 Å². The normalized spacial score (nSPS) is 10.3. The van der Waals surface area contributed by atoms with Crippen molar-refractivity contribution >= 4 is 28.9 Å². The molecule has 0 amide bonds. The van der Waals surface area contributed by atoms with Crippen molar-refractivity contribution in [2.24, 2.45) is 0 Å². The van der Waals surface area contributed by atoms with Gasteiger partial charge in [-0.05, 0) is 18.6 Å². The lowest BCUT2D eigenvalue weighted by atomic mass is 10.3. The lowest BCUT2D eigenvalue weighted by Gasteiger charge is -2.11. The van der Waals surface area contributed by atoms with E-state index in [9.17, 15) is 0 Å². The lowest BCUT2D eigenvalue weighted by Crippen LogP contribution is -2.04. The molecule has 0 unspecified atom stereocenters. The van der Waals surface area contributed by atoms with E-state index in [-0.39, 0.29) is 17.4 Å².